The van der Waals surface area contributed by atoms with Crippen LogP contribution in [0, 0.1) is 11.3 Å². The Kier molecular flexibility index (Phi) is 4.76. The fourth-order valence-corrected chi connectivity index (χ4v) is 3.79. The summed E-state index contributed by atoms with van der Waals surface area (Å²) in [5.74, 6) is 0.502. The van der Waals surface area contributed by atoms with E-state index in [0.717, 1.165) is 25.9 Å². The minimum absolute atomic E-state index is 0. The quantitative estimate of drug-likeness (QED) is 0.722. The number of aromatic amines is 1. The van der Waals surface area contributed by atoms with E-state index >= 15 is 0 Å². The third-order valence-corrected chi connectivity index (χ3v) is 5.51. The topological polar surface area (TPSA) is 111 Å². The zero-order valence-corrected chi connectivity index (χ0v) is 16.3. The normalized spacial score (nSPS) is 14.7. The molecule has 3 aromatic heterocycles. The van der Waals surface area contributed by atoms with Gasteiger partial charge in [-0.1, -0.05) is 0 Å². The Morgan fingerprint density at radius 3 is 2.69 bits per heavy atom. The van der Waals surface area contributed by atoms with Gasteiger partial charge in [0.2, 0.25) is 5.95 Å². The van der Waals surface area contributed by atoms with E-state index in [1.165, 1.54) is 17.0 Å². The van der Waals surface area contributed by atoms with Gasteiger partial charge >= 0.3 is 0 Å². The number of nitrogens with one attached hydrogen (secondary N) is 1. The molecule has 1 N–H and O–H groups in total. The van der Waals surface area contributed by atoms with Gasteiger partial charge in [-0.3, -0.25) is 9.59 Å². The first kappa shape index (κ1) is 18.7. The van der Waals surface area contributed by atoms with Crippen molar-refractivity contribution in [3.8, 4) is 6.07 Å². The van der Waals surface area contributed by atoms with Crippen LogP contribution in [0.25, 0.3) is 10.9 Å². The molecule has 0 radical (unpaired) electrons. The maximum Gasteiger partial charge on any atom is 0.274 e. The molecule has 1 fully saturated rings. The SMILES string of the molecule is CN(C(=O)c1cn(C)c(=O)c2[nH]ccc12)C1CCN(c2ncc(C#N)cn2)CC1.[HH]. The van der Waals surface area contributed by atoms with Crippen molar-refractivity contribution in [3.05, 3.63) is 52.3 Å². The van der Waals surface area contributed by atoms with E-state index in [9.17, 15) is 9.59 Å². The molecule has 0 aromatic carbocycles. The lowest BCUT2D eigenvalue weighted by molar-refractivity contribution is 0.0710. The molecular weight excluding hydrogens is 370 g/mol. The minimum Gasteiger partial charge on any atom is -0.357 e. The molecule has 0 unspecified atom stereocenters. The molecule has 1 amide bonds. The van der Waals surface area contributed by atoms with Crippen LogP contribution in [0.3, 0.4) is 0 Å². The van der Waals surface area contributed by atoms with E-state index in [-0.39, 0.29) is 18.9 Å². The lowest BCUT2D eigenvalue weighted by Gasteiger charge is -2.36. The van der Waals surface area contributed by atoms with Crippen LogP contribution in [0.5, 0.6) is 0 Å². The Bertz CT molecular complexity index is 1150. The number of pyridine rings is 1. The van der Waals surface area contributed by atoms with Crippen molar-refractivity contribution < 1.29 is 6.22 Å². The van der Waals surface area contributed by atoms with Crippen molar-refractivity contribution in [1.29, 1.82) is 5.26 Å². The number of rotatable bonds is 3. The summed E-state index contributed by atoms with van der Waals surface area (Å²) in [7, 11) is 3.46. The number of H-pyrrole nitrogens is 1. The molecule has 4 rings (SSSR count). The third-order valence-electron chi connectivity index (χ3n) is 5.51. The van der Waals surface area contributed by atoms with E-state index in [2.05, 4.69) is 19.9 Å². The first-order valence-corrected chi connectivity index (χ1v) is 9.40. The lowest BCUT2D eigenvalue weighted by atomic mass is 10.0. The van der Waals surface area contributed by atoms with Gasteiger partial charge in [0.25, 0.3) is 11.5 Å². The lowest BCUT2D eigenvalue weighted by Crippen LogP contribution is -2.46. The predicted octanol–water partition coefficient (Wildman–Crippen LogP) is 1.52. The molecule has 0 bridgehead atoms. The van der Waals surface area contributed by atoms with Crippen LogP contribution in [0.15, 0.2) is 35.6 Å². The number of hydrogen-bond donors (Lipinski definition) is 1. The number of piperidine rings is 1. The van der Waals surface area contributed by atoms with Crippen LogP contribution in [-0.4, -0.2) is 56.5 Å². The third kappa shape index (κ3) is 3.33. The molecule has 9 heteroatoms. The van der Waals surface area contributed by atoms with Gasteiger partial charge in [0.1, 0.15) is 11.6 Å². The maximum atomic E-state index is 13.2. The summed E-state index contributed by atoms with van der Waals surface area (Å²) in [4.78, 5) is 40.6. The van der Waals surface area contributed by atoms with Gasteiger partial charge in [-0.15, -0.1) is 0 Å². The highest BCUT2D eigenvalue weighted by molar-refractivity contribution is 6.05. The molecule has 3 aromatic rings. The van der Waals surface area contributed by atoms with Crippen molar-refractivity contribution in [2.24, 2.45) is 7.05 Å². The number of aromatic nitrogens is 4. The average Bonchev–Trinajstić information content (AvgIpc) is 3.26. The van der Waals surface area contributed by atoms with Gasteiger partial charge in [0, 0.05) is 52.4 Å². The second-order valence-electron chi connectivity index (χ2n) is 7.24. The standard InChI is InChI=1S/C20H21N7O2.H2/c1-25-12-16(15-3-6-22-17(15)19(25)29)18(28)26(2)14-4-7-27(8-5-14)20-23-10-13(9-21)11-24-20;/h3,6,10-12,14,22H,4-5,7-8H2,1-2H3;1H. The zero-order valence-electron chi connectivity index (χ0n) is 16.3. The summed E-state index contributed by atoms with van der Waals surface area (Å²) in [6.07, 6.45) is 7.90. The molecule has 0 spiro atoms. The Hall–Kier alpha value is -3.67. The van der Waals surface area contributed by atoms with Gasteiger partial charge in [0.15, 0.2) is 0 Å². The number of nitrogens with zero attached hydrogens (tertiary/aromatic N) is 6. The molecule has 0 atom stereocenters. The van der Waals surface area contributed by atoms with Gasteiger partial charge in [-0.25, -0.2) is 9.97 Å². The number of nitriles is 1. The molecule has 150 valence electrons. The van der Waals surface area contributed by atoms with Gasteiger partial charge in [0.05, 0.1) is 23.5 Å². The Balaban J connectivity index is 0.00000256. The van der Waals surface area contributed by atoms with E-state index in [4.69, 9.17) is 5.26 Å². The molecule has 0 saturated carbocycles. The van der Waals surface area contributed by atoms with E-state index < -0.39 is 0 Å². The number of hydrogen-bond acceptors (Lipinski definition) is 6. The van der Waals surface area contributed by atoms with E-state index in [1.54, 1.807) is 30.4 Å². The van der Waals surface area contributed by atoms with Crippen LogP contribution in [-0.2, 0) is 7.05 Å². The monoisotopic (exact) mass is 393 g/mol. The molecule has 4 heterocycles. The first-order chi connectivity index (χ1) is 14.0. The number of carbonyl (C=O) groups excluding carboxylic acids is 1. The molecule has 1 saturated heterocycles. The van der Waals surface area contributed by atoms with Gasteiger partial charge < -0.3 is 19.4 Å². The highest BCUT2D eigenvalue weighted by Gasteiger charge is 2.28. The van der Waals surface area contributed by atoms with Crippen molar-refractivity contribution in [2.75, 3.05) is 25.0 Å². The molecule has 9 nitrogen and oxygen atoms in total. The Morgan fingerprint density at radius 1 is 1.34 bits per heavy atom. The second kappa shape index (κ2) is 7.39. The van der Waals surface area contributed by atoms with E-state index in [1.807, 2.05) is 13.1 Å². The summed E-state index contributed by atoms with van der Waals surface area (Å²) < 4.78 is 1.44. The van der Waals surface area contributed by atoms with Crippen molar-refractivity contribution >= 4 is 22.8 Å². The molecule has 1 aliphatic heterocycles. The zero-order chi connectivity index (χ0) is 20.5. The average molecular weight is 393 g/mol. The highest BCUT2D eigenvalue weighted by atomic mass is 16.2. The minimum atomic E-state index is -0.153. The van der Waals surface area contributed by atoms with Crippen LogP contribution >= 0.6 is 0 Å². The fraction of sp³-hybridized carbons (Fsp3) is 0.350. The maximum absolute atomic E-state index is 13.2. The number of amides is 1. The summed E-state index contributed by atoms with van der Waals surface area (Å²) >= 11 is 0. The summed E-state index contributed by atoms with van der Waals surface area (Å²) in [6, 6.07) is 3.87. The summed E-state index contributed by atoms with van der Waals surface area (Å²) in [5, 5.41) is 9.51. The van der Waals surface area contributed by atoms with Crippen LogP contribution in [0.1, 0.15) is 30.2 Å². The highest BCUT2D eigenvalue weighted by Crippen LogP contribution is 2.22. The van der Waals surface area contributed by atoms with Crippen LogP contribution in [0.4, 0.5) is 5.95 Å². The molecule has 29 heavy (non-hydrogen) atoms. The molecule has 1 aliphatic rings. The predicted molar refractivity (Wildman–Crippen MR) is 110 cm³/mol. The summed E-state index contributed by atoms with van der Waals surface area (Å²) in [5.41, 5.74) is 1.24. The van der Waals surface area contributed by atoms with Crippen molar-refractivity contribution in [3.63, 3.8) is 0 Å². The number of carbonyl (C=O) groups is 1. The van der Waals surface area contributed by atoms with Gasteiger partial charge in [-0.05, 0) is 18.9 Å². The first-order valence-electron chi connectivity index (χ1n) is 9.40. The molecular formula is C20H23N7O2. The fourth-order valence-electron chi connectivity index (χ4n) is 3.79. The van der Waals surface area contributed by atoms with Crippen LogP contribution < -0.4 is 10.5 Å². The van der Waals surface area contributed by atoms with Crippen molar-refractivity contribution in [1.82, 2.24) is 24.4 Å². The number of fused-ring (bicyclic) bond motifs is 1. The summed E-state index contributed by atoms with van der Waals surface area (Å²) in [6.45, 7) is 1.45. The van der Waals surface area contributed by atoms with E-state index in [0.29, 0.717) is 28.0 Å². The number of aryl methyl sites for hydroxylation is 1. The number of anilines is 1. The second-order valence-corrected chi connectivity index (χ2v) is 7.24. The smallest absolute Gasteiger partial charge is 0.274 e. The van der Waals surface area contributed by atoms with Gasteiger partial charge in [-0.2, -0.15) is 5.26 Å². The Labute approximate surface area is 168 Å². The Morgan fingerprint density at radius 2 is 2.03 bits per heavy atom. The van der Waals surface area contributed by atoms with Crippen molar-refractivity contribution in [2.45, 2.75) is 18.9 Å². The largest absolute Gasteiger partial charge is 0.357 e. The van der Waals surface area contributed by atoms with Crippen LogP contribution in [0.2, 0.25) is 0 Å². The molecule has 0 aliphatic carbocycles.